The third kappa shape index (κ3) is 2.55. The van der Waals surface area contributed by atoms with E-state index in [0.717, 1.165) is 29.7 Å². The maximum Gasteiger partial charge on any atom is 0.0767 e. The van der Waals surface area contributed by atoms with Crippen molar-refractivity contribution in [3.8, 4) is 0 Å². The lowest BCUT2D eigenvalue weighted by Gasteiger charge is -2.37. The SMILES string of the molecule is CCc1nn(C)c(CN2c3ccccc3NCC2C)c1Br. The van der Waals surface area contributed by atoms with Crippen LogP contribution in [0.25, 0.3) is 0 Å². The molecule has 112 valence electrons. The van der Waals surface area contributed by atoms with Crippen molar-refractivity contribution in [2.45, 2.75) is 32.9 Å². The molecule has 1 aliphatic rings. The molecule has 0 amide bonds. The van der Waals surface area contributed by atoms with E-state index in [1.165, 1.54) is 17.1 Å². The second kappa shape index (κ2) is 5.72. The third-order valence-electron chi connectivity index (χ3n) is 4.16. The average Bonchev–Trinajstić information content (AvgIpc) is 2.77. The molecule has 0 bridgehead atoms. The first-order valence-electron chi connectivity index (χ1n) is 7.41. The number of nitrogens with one attached hydrogen (secondary N) is 1. The Morgan fingerprint density at radius 1 is 1.38 bits per heavy atom. The number of halogens is 1. The van der Waals surface area contributed by atoms with E-state index in [4.69, 9.17) is 0 Å². The summed E-state index contributed by atoms with van der Waals surface area (Å²) in [5.74, 6) is 0. The van der Waals surface area contributed by atoms with Crippen molar-refractivity contribution >= 4 is 27.3 Å². The zero-order valence-corrected chi connectivity index (χ0v) is 14.3. The molecule has 1 aromatic carbocycles. The topological polar surface area (TPSA) is 33.1 Å². The van der Waals surface area contributed by atoms with Gasteiger partial charge in [0, 0.05) is 19.6 Å². The minimum absolute atomic E-state index is 0.451. The van der Waals surface area contributed by atoms with E-state index in [2.05, 4.69) is 69.4 Å². The van der Waals surface area contributed by atoms with Gasteiger partial charge in [0.2, 0.25) is 0 Å². The molecule has 0 saturated heterocycles. The molecule has 2 aromatic rings. The summed E-state index contributed by atoms with van der Waals surface area (Å²) in [6.07, 6.45) is 0.947. The Hall–Kier alpha value is -1.49. The maximum absolute atomic E-state index is 4.60. The second-order valence-electron chi connectivity index (χ2n) is 5.56. The number of anilines is 2. The van der Waals surface area contributed by atoms with Gasteiger partial charge in [-0.2, -0.15) is 5.10 Å². The van der Waals surface area contributed by atoms with Crippen molar-refractivity contribution in [2.24, 2.45) is 7.05 Å². The fourth-order valence-corrected chi connectivity index (χ4v) is 3.61. The Bertz CT molecular complexity index is 650. The van der Waals surface area contributed by atoms with Crippen molar-refractivity contribution in [3.05, 3.63) is 40.1 Å². The summed E-state index contributed by atoms with van der Waals surface area (Å²) in [4.78, 5) is 2.45. The lowest BCUT2D eigenvalue weighted by atomic mass is 10.1. The number of benzene rings is 1. The van der Waals surface area contributed by atoms with Crippen LogP contribution in [0.5, 0.6) is 0 Å². The van der Waals surface area contributed by atoms with Gasteiger partial charge in [0.1, 0.15) is 0 Å². The van der Waals surface area contributed by atoms with Crippen molar-refractivity contribution in [1.29, 1.82) is 0 Å². The zero-order chi connectivity index (χ0) is 15.0. The molecule has 0 aliphatic carbocycles. The van der Waals surface area contributed by atoms with Crippen LogP contribution in [0.1, 0.15) is 25.2 Å². The van der Waals surface area contributed by atoms with Gasteiger partial charge in [0.15, 0.2) is 0 Å². The Balaban J connectivity index is 1.96. The minimum Gasteiger partial charge on any atom is -0.381 e. The molecule has 1 N–H and O–H groups in total. The molecule has 0 saturated carbocycles. The monoisotopic (exact) mass is 348 g/mol. The number of fused-ring (bicyclic) bond motifs is 1. The van der Waals surface area contributed by atoms with Gasteiger partial charge in [0.05, 0.1) is 33.8 Å². The van der Waals surface area contributed by atoms with Gasteiger partial charge in [-0.1, -0.05) is 19.1 Å². The van der Waals surface area contributed by atoms with E-state index in [1.54, 1.807) is 0 Å². The lowest BCUT2D eigenvalue weighted by molar-refractivity contribution is 0.606. The number of nitrogens with zero attached hydrogens (tertiary/aromatic N) is 3. The van der Waals surface area contributed by atoms with E-state index >= 15 is 0 Å². The van der Waals surface area contributed by atoms with Crippen molar-refractivity contribution < 1.29 is 0 Å². The van der Waals surface area contributed by atoms with E-state index < -0.39 is 0 Å². The molecule has 1 unspecified atom stereocenters. The van der Waals surface area contributed by atoms with Crippen LogP contribution in [0.3, 0.4) is 0 Å². The van der Waals surface area contributed by atoms with Gasteiger partial charge >= 0.3 is 0 Å². The van der Waals surface area contributed by atoms with Crippen molar-refractivity contribution in [1.82, 2.24) is 9.78 Å². The molecule has 0 spiro atoms. The summed E-state index contributed by atoms with van der Waals surface area (Å²) < 4.78 is 3.15. The van der Waals surface area contributed by atoms with Gasteiger partial charge in [-0.25, -0.2) is 0 Å². The molecule has 1 aliphatic heterocycles. The minimum atomic E-state index is 0.451. The summed E-state index contributed by atoms with van der Waals surface area (Å²) in [6, 6.07) is 8.95. The lowest BCUT2D eigenvalue weighted by Crippen LogP contribution is -2.42. The van der Waals surface area contributed by atoms with Crippen LogP contribution in [0.15, 0.2) is 28.7 Å². The number of hydrogen-bond donors (Lipinski definition) is 1. The molecular weight excluding hydrogens is 328 g/mol. The van der Waals surface area contributed by atoms with Crippen LogP contribution in [0.4, 0.5) is 11.4 Å². The van der Waals surface area contributed by atoms with Crippen LogP contribution in [-0.2, 0) is 20.0 Å². The number of hydrogen-bond acceptors (Lipinski definition) is 3. The van der Waals surface area contributed by atoms with Gasteiger partial charge < -0.3 is 10.2 Å². The van der Waals surface area contributed by atoms with Crippen LogP contribution in [-0.4, -0.2) is 22.4 Å². The number of para-hydroxylation sites is 2. The first-order chi connectivity index (χ1) is 10.1. The Morgan fingerprint density at radius 2 is 2.14 bits per heavy atom. The highest BCUT2D eigenvalue weighted by Gasteiger charge is 2.25. The van der Waals surface area contributed by atoms with E-state index in [1.807, 2.05) is 11.7 Å². The van der Waals surface area contributed by atoms with Gasteiger partial charge in [-0.05, 0) is 41.4 Å². The molecule has 21 heavy (non-hydrogen) atoms. The van der Waals surface area contributed by atoms with Crippen LogP contribution >= 0.6 is 15.9 Å². The standard InChI is InChI=1S/C16H21BrN4/c1-4-12-16(17)15(20(3)19-12)10-21-11(2)9-18-13-7-5-6-8-14(13)21/h5-8,11,18H,4,9-10H2,1-3H3. The predicted molar refractivity (Wildman–Crippen MR) is 90.9 cm³/mol. The van der Waals surface area contributed by atoms with Crippen LogP contribution in [0, 0.1) is 0 Å². The summed E-state index contributed by atoms with van der Waals surface area (Å²) >= 11 is 3.72. The largest absolute Gasteiger partial charge is 0.381 e. The molecular formula is C16H21BrN4. The normalized spacial score (nSPS) is 17.5. The van der Waals surface area contributed by atoms with Gasteiger partial charge in [-0.3, -0.25) is 4.68 Å². The fraction of sp³-hybridized carbons (Fsp3) is 0.438. The number of rotatable bonds is 3. The van der Waals surface area contributed by atoms with Gasteiger partial charge in [-0.15, -0.1) is 0 Å². The summed E-state index contributed by atoms with van der Waals surface area (Å²) in [7, 11) is 2.03. The van der Waals surface area contributed by atoms with E-state index in [-0.39, 0.29) is 0 Å². The zero-order valence-electron chi connectivity index (χ0n) is 12.7. The van der Waals surface area contributed by atoms with Gasteiger partial charge in [0.25, 0.3) is 0 Å². The summed E-state index contributed by atoms with van der Waals surface area (Å²) in [6.45, 7) is 6.23. The molecule has 1 atom stereocenters. The molecule has 4 nitrogen and oxygen atoms in total. The first kappa shape index (κ1) is 14.4. The Kier molecular flexibility index (Phi) is 3.93. The highest BCUT2D eigenvalue weighted by Crippen LogP contribution is 2.33. The molecule has 0 radical (unpaired) electrons. The fourth-order valence-electron chi connectivity index (χ4n) is 2.87. The summed E-state index contributed by atoms with van der Waals surface area (Å²) in [5.41, 5.74) is 4.84. The van der Waals surface area contributed by atoms with E-state index in [9.17, 15) is 0 Å². The highest BCUT2D eigenvalue weighted by molar-refractivity contribution is 9.10. The van der Waals surface area contributed by atoms with Crippen molar-refractivity contribution in [3.63, 3.8) is 0 Å². The molecule has 1 aromatic heterocycles. The average molecular weight is 349 g/mol. The Morgan fingerprint density at radius 3 is 2.86 bits per heavy atom. The molecule has 2 heterocycles. The smallest absolute Gasteiger partial charge is 0.0767 e. The molecule has 3 rings (SSSR count). The number of aryl methyl sites for hydroxylation is 2. The van der Waals surface area contributed by atoms with Crippen LogP contribution < -0.4 is 10.2 Å². The van der Waals surface area contributed by atoms with E-state index in [0.29, 0.717) is 6.04 Å². The number of aromatic nitrogens is 2. The second-order valence-corrected chi connectivity index (χ2v) is 6.35. The van der Waals surface area contributed by atoms with Crippen LogP contribution in [0.2, 0.25) is 0 Å². The van der Waals surface area contributed by atoms with Crippen molar-refractivity contribution in [2.75, 3.05) is 16.8 Å². The quantitative estimate of drug-likeness (QED) is 0.920. The Labute approximate surface area is 134 Å². The molecule has 5 heteroatoms. The summed E-state index contributed by atoms with van der Waals surface area (Å²) in [5, 5.41) is 8.10. The first-order valence-corrected chi connectivity index (χ1v) is 8.21. The predicted octanol–water partition coefficient (Wildman–Crippen LogP) is 3.57. The maximum atomic E-state index is 4.60. The molecule has 0 fully saturated rings. The third-order valence-corrected chi connectivity index (χ3v) is 5.07. The highest BCUT2D eigenvalue weighted by atomic mass is 79.9.